The number of carbonyl (C=O) groups is 1. The van der Waals surface area contributed by atoms with Crippen LogP contribution in [0.4, 0.5) is 5.69 Å². The van der Waals surface area contributed by atoms with E-state index in [0.29, 0.717) is 0 Å². The summed E-state index contributed by atoms with van der Waals surface area (Å²) in [5.74, 6) is -0.0685. The molecular formula is C13H17NO. The smallest absolute Gasteiger partial charge is 0.248 e. The second kappa shape index (κ2) is 6.02. The number of allylic oxidation sites excluding steroid dienone is 1. The topological polar surface area (TPSA) is 29.1 Å². The van der Waals surface area contributed by atoms with Gasteiger partial charge in [0, 0.05) is 5.69 Å². The fraction of sp³-hybridized carbons (Fsp3) is 0.308. The Hall–Kier alpha value is -1.57. The van der Waals surface area contributed by atoms with Crippen LogP contribution in [0, 0.1) is 0 Å². The van der Waals surface area contributed by atoms with Gasteiger partial charge in [0.05, 0.1) is 0 Å². The zero-order valence-corrected chi connectivity index (χ0v) is 9.29. The molecule has 1 N–H and O–H groups in total. The molecule has 0 atom stereocenters. The number of carbonyl (C=O) groups excluding carboxylic acids is 1. The fourth-order valence-electron chi connectivity index (χ4n) is 1.46. The monoisotopic (exact) mass is 203 g/mol. The number of anilines is 1. The standard InChI is InChI=1S/C13H17NO/c1-3-7-11-9-5-6-10-12(11)14-13(15)8-4-2/h4-6,8-10H,3,7H2,1-2H3,(H,14,15). The van der Waals surface area contributed by atoms with Crippen molar-refractivity contribution in [3.8, 4) is 0 Å². The predicted octanol–water partition coefficient (Wildman–Crippen LogP) is 3.15. The van der Waals surface area contributed by atoms with E-state index in [2.05, 4.69) is 18.3 Å². The number of hydrogen-bond acceptors (Lipinski definition) is 1. The SMILES string of the molecule is CC=CC(=O)Nc1ccccc1CCC. The first-order valence-corrected chi connectivity index (χ1v) is 5.29. The molecule has 1 amide bonds. The number of para-hydroxylation sites is 1. The molecule has 0 saturated heterocycles. The lowest BCUT2D eigenvalue weighted by Gasteiger charge is -2.08. The van der Waals surface area contributed by atoms with Crippen LogP contribution in [0.3, 0.4) is 0 Å². The highest BCUT2D eigenvalue weighted by Gasteiger charge is 2.02. The van der Waals surface area contributed by atoms with Crippen molar-refractivity contribution < 1.29 is 4.79 Å². The van der Waals surface area contributed by atoms with Crippen molar-refractivity contribution in [3.05, 3.63) is 42.0 Å². The predicted molar refractivity (Wildman–Crippen MR) is 63.9 cm³/mol. The summed E-state index contributed by atoms with van der Waals surface area (Å²) in [6.07, 6.45) is 5.34. The maximum atomic E-state index is 11.4. The van der Waals surface area contributed by atoms with Gasteiger partial charge in [-0.1, -0.05) is 37.6 Å². The minimum Gasteiger partial charge on any atom is -0.322 e. The second-order valence-electron chi connectivity index (χ2n) is 3.40. The van der Waals surface area contributed by atoms with E-state index < -0.39 is 0 Å². The fourth-order valence-corrected chi connectivity index (χ4v) is 1.46. The molecule has 0 radical (unpaired) electrons. The number of rotatable bonds is 4. The van der Waals surface area contributed by atoms with E-state index in [0.717, 1.165) is 18.5 Å². The molecule has 0 aliphatic carbocycles. The van der Waals surface area contributed by atoms with Crippen LogP contribution in [0.25, 0.3) is 0 Å². The van der Waals surface area contributed by atoms with Gasteiger partial charge < -0.3 is 5.32 Å². The van der Waals surface area contributed by atoms with Gasteiger partial charge in [-0.05, 0) is 31.1 Å². The molecule has 1 aromatic rings. The summed E-state index contributed by atoms with van der Waals surface area (Å²) in [7, 11) is 0. The minimum absolute atomic E-state index is 0.0685. The van der Waals surface area contributed by atoms with Gasteiger partial charge in [-0.25, -0.2) is 0 Å². The highest BCUT2D eigenvalue weighted by atomic mass is 16.1. The lowest BCUT2D eigenvalue weighted by Crippen LogP contribution is -2.09. The Bertz CT molecular complexity index is 355. The summed E-state index contributed by atoms with van der Waals surface area (Å²) in [4.78, 5) is 11.4. The number of amides is 1. The van der Waals surface area contributed by atoms with Gasteiger partial charge in [-0.2, -0.15) is 0 Å². The lowest BCUT2D eigenvalue weighted by molar-refractivity contribution is -0.111. The van der Waals surface area contributed by atoms with Gasteiger partial charge >= 0.3 is 0 Å². The van der Waals surface area contributed by atoms with Gasteiger partial charge in [0.2, 0.25) is 5.91 Å². The molecule has 0 heterocycles. The number of nitrogens with one attached hydrogen (secondary N) is 1. The van der Waals surface area contributed by atoms with E-state index >= 15 is 0 Å². The summed E-state index contributed by atoms with van der Waals surface area (Å²) < 4.78 is 0. The van der Waals surface area contributed by atoms with Crippen LogP contribution in [0.1, 0.15) is 25.8 Å². The Morgan fingerprint density at radius 3 is 2.80 bits per heavy atom. The zero-order chi connectivity index (χ0) is 11.1. The summed E-state index contributed by atoms with van der Waals surface area (Å²) in [6, 6.07) is 7.92. The highest BCUT2D eigenvalue weighted by Crippen LogP contribution is 2.16. The van der Waals surface area contributed by atoms with Crippen molar-refractivity contribution in [2.75, 3.05) is 5.32 Å². The quantitative estimate of drug-likeness (QED) is 0.748. The molecule has 1 rings (SSSR count). The lowest BCUT2D eigenvalue weighted by atomic mass is 10.1. The molecule has 0 saturated carbocycles. The van der Waals surface area contributed by atoms with Crippen molar-refractivity contribution >= 4 is 11.6 Å². The molecule has 2 nitrogen and oxygen atoms in total. The molecule has 0 aliphatic rings. The van der Waals surface area contributed by atoms with Crippen molar-refractivity contribution in [1.29, 1.82) is 0 Å². The van der Waals surface area contributed by atoms with Crippen LogP contribution in [0.5, 0.6) is 0 Å². The molecule has 80 valence electrons. The van der Waals surface area contributed by atoms with E-state index in [-0.39, 0.29) is 5.91 Å². The van der Waals surface area contributed by atoms with Crippen LogP contribution in [-0.4, -0.2) is 5.91 Å². The van der Waals surface area contributed by atoms with Gasteiger partial charge in [-0.3, -0.25) is 4.79 Å². The third kappa shape index (κ3) is 3.58. The first kappa shape index (κ1) is 11.5. The number of benzene rings is 1. The Morgan fingerprint density at radius 2 is 2.13 bits per heavy atom. The molecule has 15 heavy (non-hydrogen) atoms. The molecule has 1 aromatic carbocycles. The summed E-state index contributed by atoms with van der Waals surface area (Å²) in [5.41, 5.74) is 2.11. The first-order valence-electron chi connectivity index (χ1n) is 5.29. The minimum atomic E-state index is -0.0685. The molecule has 0 fully saturated rings. The average Bonchev–Trinajstić information content (AvgIpc) is 2.21. The maximum absolute atomic E-state index is 11.4. The average molecular weight is 203 g/mol. The summed E-state index contributed by atoms with van der Waals surface area (Å²) >= 11 is 0. The molecule has 2 heteroatoms. The van der Waals surface area contributed by atoms with Crippen LogP contribution in [-0.2, 0) is 11.2 Å². The van der Waals surface area contributed by atoms with E-state index in [1.165, 1.54) is 11.6 Å². The number of hydrogen-bond donors (Lipinski definition) is 1. The van der Waals surface area contributed by atoms with Crippen LogP contribution >= 0.6 is 0 Å². The van der Waals surface area contributed by atoms with Gasteiger partial charge in [-0.15, -0.1) is 0 Å². The van der Waals surface area contributed by atoms with Gasteiger partial charge in [0.15, 0.2) is 0 Å². The van der Waals surface area contributed by atoms with Crippen LogP contribution < -0.4 is 5.32 Å². The van der Waals surface area contributed by atoms with E-state index in [1.54, 1.807) is 6.08 Å². The highest BCUT2D eigenvalue weighted by molar-refractivity contribution is 5.99. The zero-order valence-electron chi connectivity index (χ0n) is 9.29. The summed E-state index contributed by atoms with van der Waals surface area (Å²) in [6.45, 7) is 3.96. The maximum Gasteiger partial charge on any atom is 0.248 e. The van der Waals surface area contributed by atoms with Gasteiger partial charge in [0.25, 0.3) is 0 Å². The van der Waals surface area contributed by atoms with Crippen molar-refractivity contribution in [2.45, 2.75) is 26.7 Å². The molecule has 0 unspecified atom stereocenters. The second-order valence-corrected chi connectivity index (χ2v) is 3.40. The van der Waals surface area contributed by atoms with Crippen molar-refractivity contribution in [2.24, 2.45) is 0 Å². The normalized spacial score (nSPS) is 10.5. The summed E-state index contributed by atoms with van der Waals surface area (Å²) in [5, 5.41) is 2.87. The van der Waals surface area contributed by atoms with Crippen molar-refractivity contribution in [1.82, 2.24) is 0 Å². The van der Waals surface area contributed by atoms with E-state index in [4.69, 9.17) is 0 Å². The first-order chi connectivity index (χ1) is 7.27. The third-order valence-corrected chi connectivity index (χ3v) is 2.11. The number of aryl methyl sites for hydroxylation is 1. The van der Waals surface area contributed by atoms with Crippen LogP contribution in [0.2, 0.25) is 0 Å². The third-order valence-electron chi connectivity index (χ3n) is 2.11. The van der Waals surface area contributed by atoms with E-state index in [1.807, 2.05) is 25.1 Å². The van der Waals surface area contributed by atoms with Crippen LogP contribution in [0.15, 0.2) is 36.4 Å². The Kier molecular flexibility index (Phi) is 4.61. The van der Waals surface area contributed by atoms with Gasteiger partial charge in [0.1, 0.15) is 0 Å². The van der Waals surface area contributed by atoms with E-state index in [9.17, 15) is 4.79 Å². The largest absolute Gasteiger partial charge is 0.322 e. The Morgan fingerprint density at radius 1 is 1.40 bits per heavy atom. The molecular weight excluding hydrogens is 186 g/mol. The molecule has 0 aliphatic heterocycles. The van der Waals surface area contributed by atoms with Crippen molar-refractivity contribution in [3.63, 3.8) is 0 Å². The molecule has 0 bridgehead atoms. The molecule has 0 aromatic heterocycles. The Labute approximate surface area is 91.0 Å². The molecule has 0 spiro atoms. The Balaban J connectivity index is 2.79.